The first-order valence-corrected chi connectivity index (χ1v) is 14.6. The minimum Gasteiger partial charge on any atom is -0.507 e. The Kier molecular flexibility index (Phi) is 8.53. The predicted molar refractivity (Wildman–Crippen MR) is 172 cm³/mol. The average Bonchev–Trinajstić information content (AvgIpc) is 2.78. The van der Waals surface area contributed by atoms with Gasteiger partial charge in [0.2, 0.25) is 0 Å². The number of hydrogen-bond donors (Lipinski definition) is 2. The van der Waals surface area contributed by atoms with Gasteiger partial charge in [-0.05, 0) is 98.4 Å². The lowest BCUT2D eigenvalue weighted by Crippen LogP contribution is -2.25. The number of benzene rings is 3. The van der Waals surface area contributed by atoms with Gasteiger partial charge in [0.15, 0.2) is 0 Å². The van der Waals surface area contributed by atoms with Gasteiger partial charge in [0.25, 0.3) is 0 Å². The molecule has 3 heteroatoms. The number of phenolic OH excluding ortho intramolecular Hbond substituents is 2. The minimum absolute atomic E-state index is 0.186. The molecule has 3 nitrogen and oxygen atoms in total. The van der Waals surface area contributed by atoms with E-state index in [9.17, 15) is 10.2 Å². The molecular formula is C37H53NO2. The fourth-order valence-corrected chi connectivity index (χ4v) is 5.29. The van der Waals surface area contributed by atoms with Gasteiger partial charge in [-0.1, -0.05) is 101 Å². The molecule has 0 atom stereocenters. The molecule has 0 aliphatic carbocycles. The maximum atomic E-state index is 11.3. The van der Waals surface area contributed by atoms with E-state index in [0.29, 0.717) is 24.6 Å². The molecule has 3 aromatic carbocycles. The average molecular weight is 544 g/mol. The van der Waals surface area contributed by atoms with Gasteiger partial charge in [0.1, 0.15) is 11.5 Å². The van der Waals surface area contributed by atoms with Crippen LogP contribution in [0, 0.1) is 6.92 Å². The van der Waals surface area contributed by atoms with Crippen molar-refractivity contribution in [2.75, 3.05) is 4.90 Å². The van der Waals surface area contributed by atoms with Crippen LogP contribution in [0.25, 0.3) is 0 Å². The van der Waals surface area contributed by atoms with Crippen LogP contribution in [0.2, 0.25) is 0 Å². The molecule has 3 aromatic rings. The van der Waals surface area contributed by atoms with Crippen molar-refractivity contribution in [3.05, 3.63) is 87.5 Å². The summed E-state index contributed by atoms with van der Waals surface area (Å²) in [5.74, 6) is 0.822. The first-order chi connectivity index (χ1) is 18.1. The molecule has 0 amide bonds. The fourth-order valence-electron chi connectivity index (χ4n) is 5.29. The second kappa shape index (κ2) is 10.8. The highest BCUT2D eigenvalue weighted by Crippen LogP contribution is 2.42. The van der Waals surface area contributed by atoms with E-state index in [1.54, 1.807) is 0 Å². The fraction of sp³-hybridized carbons (Fsp3) is 0.514. The molecule has 0 saturated carbocycles. The summed E-state index contributed by atoms with van der Waals surface area (Å²) in [6.45, 7) is 29.5. The Hall–Kier alpha value is -2.94. The second-order valence-electron chi connectivity index (χ2n) is 15.8. The van der Waals surface area contributed by atoms with E-state index in [2.05, 4.69) is 143 Å². The zero-order valence-corrected chi connectivity index (χ0v) is 27.4. The highest BCUT2D eigenvalue weighted by atomic mass is 16.3. The lowest BCUT2D eigenvalue weighted by molar-refractivity contribution is 0.422. The van der Waals surface area contributed by atoms with Crippen molar-refractivity contribution in [2.45, 2.75) is 125 Å². The number of hydrogen-bond acceptors (Lipinski definition) is 3. The molecule has 0 bridgehead atoms. The molecule has 0 fully saturated rings. The normalized spacial score (nSPS) is 13.0. The van der Waals surface area contributed by atoms with Crippen LogP contribution in [-0.2, 0) is 34.7 Å². The topological polar surface area (TPSA) is 43.7 Å². The molecule has 218 valence electrons. The van der Waals surface area contributed by atoms with E-state index in [0.717, 1.165) is 27.9 Å². The van der Waals surface area contributed by atoms with Gasteiger partial charge in [-0.2, -0.15) is 0 Å². The van der Waals surface area contributed by atoms with Crippen LogP contribution in [0.1, 0.15) is 122 Å². The van der Waals surface area contributed by atoms with Crippen LogP contribution >= 0.6 is 0 Å². The quantitative estimate of drug-likeness (QED) is 0.336. The van der Waals surface area contributed by atoms with Gasteiger partial charge in [-0.25, -0.2) is 0 Å². The van der Waals surface area contributed by atoms with Crippen molar-refractivity contribution in [3.63, 3.8) is 0 Å². The minimum atomic E-state index is -0.186. The van der Waals surface area contributed by atoms with E-state index in [1.807, 2.05) is 0 Å². The van der Waals surface area contributed by atoms with Gasteiger partial charge in [-0.3, -0.25) is 0 Å². The van der Waals surface area contributed by atoms with Crippen LogP contribution in [0.5, 0.6) is 11.5 Å². The largest absolute Gasteiger partial charge is 0.507 e. The van der Waals surface area contributed by atoms with Crippen molar-refractivity contribution < 1.29 is 10.2 Å². The standard InChI is InChI=1S/C37H53NO2/c1-24-14-16-27(17-15-24)38(22-25-18-28(34(2,3)4)32(39)29(19-25)35(5,6)7)23-26-20-30(36(8,9)10)33(40)31(21-26)37(11,12)13/h14-21,39-40H,22-23H2,1-13H3. The first-order valence-electron chi connectivity index (χ1n) is 14.6. The predicted octanol–water partition coefficient (Wildman–Crippen LogP) is 9.80. The van der Waals surface area contributed by atoms with Crippen molar-refractivity contribution in [3.8, 4) is 11.5 Å². The Labute approximate surface area is 244 Å². The van der Waals surface area contributed by atoms with Gasteiger partial charge < -0.3 is 15.1 Å². The summed E-state index contributed by atoms with van der Waals surface area (Å²) < 4.78 is 0. The SMILES string of the molecule is Cc1ccc(N(Cc2cc(C(C)(C)C)c(O)c(C(C)(C)C)c2)Cc2cc(C(C)(C)C)c(O)c(C(C)(C)C)c2)cc1. The van der Waals surface area contributed by atoms with Crippen LogP contribution in [0.3, 0.4) is 0 Å². The summed E-state index contributed by atoms with van der Waals surface area (Å²) in [5, 5.41) is 22.6. The van der Waals surface area contributed by atoms with Crippen LogP contribution in [-0.4, -0.2) is 10.2 Å². The van der Waals surface area contributed by atoms with Gasteiger partial charge in [0.05, 0.1) is 0 Å². The van der Waals surface area contributed by atoms with Crippen LogP contribution in [0.15, 0.2) is 48.5 Å². The molecule has 40 heavy (non-hydrogen) atoms. The third kappa shape index (κ3) is 7.22. The number of aromatic hydroxyl groups is 2. The molecular weight excluding hydrogens is 490 g/mol. The third-order valence-corrected chi connectivity index (χ3v) is 7.72. The zero-order chi connectivity index (χ0) is 30.4. The summed E-state index contributed by atoms with van der Waals surface area (Å²) in [6, 6.07) is 17.5. The Bertz CT molecular complexity index is 1180. The van der Waals surface area contributed by atoms with E-state index in [-0.39, 0.29) is 21.7 Å². The zero-order valence-electron chi connectivity index (χ0n) is 27.4. The number of rotatable bonds is 5. The van der Waals surface area contributed by atoms with Crippen molar-refractivity contribution in [1.82, 2.24) is 0 Å². The summed E-state index contributed by atoms with van der Waals surface area (Å²) >= 11 is 0. The Morgan fingerprint density at radius 2 is 0.775 bits per heavy atom. The number of nitrogens with zero attached hydrogens (tertiary/aromatic N) is 1. The number of aryl methyl sites for hydroxylation is 1. The molecule has 0 radical (unpaired) electrons. The van der Waals surface area contributed by atoms with Crippen molar-refractivity contribution in [2.24, 2.45) is 0 Å². The summed E-state index contributed by atoms with van der Waals surface area (Å²) in [7, 11) is 0. The Morgan fingerprint density at radius 1 is 0.500 bits per heavy atom. The molecule has 3 rings (SSSR count). The Balaban J connectivity index is 2.20. The number of phenols is 2. The van der Waals surface area contributed by atoms with Gasteiger partial charge in [-0.15, -0.1) is 0 Å². The van der Waals surface area contributed by atoms with Crippen LogP contribution in [0.4, 0.5) is 5.69 Å². The van der Waals surface area contributed by atoms with Gasteiger partial charge >= 0.3 is 0 Å². The number of anilines is 1. The highest BCUT2D eigenvalue weighted by molar-refractivity contribution is 5.55. The molecule has 0 heterocycles. The lowest BCUT2D eigenvalue weighted by atomic mass is 9.78. The maximum absolute atomic E-state index is 11.3. The smallest absolute Gasteiger partial charge is 0.123 e. The summed E-state index contributed by atoms with van der Waals surface area (Å²) in [4.78, 5) is 2.41. The van der Waals surface area contributed by atoms with Crippen LogP contribution < -0.4 is 4.90 Å². The van der Waals surface area contributed by atoms with Gasteiger partial charge in [0, 0.05) is 18.8 Å². The second-order valence-corrected chi connectivity index (χ2v) is 15.8. The molecule has 0 spiro atoms. The molecule has 0 unspecified atom stereocenters. The maximum Gasteiger partial charge on any atom is 0.123 e. The van der Waals surface area contributed by atoms with Crippen molar-refractivity contribution >= 4 is 5.69 Å². The van der Waals surface area contributed by atoms with E-state index < -0.39 is 0 Å². The first kappa shape index (κ1) is 31.6. The lowest BCUT2D eigenvalue weighted by Gasteiger charge is -2.32. The summed E-state index contributed by atoms with van der Waals surface area (Å²) in [6.07, 6.45) is 0. The Morgan fingerprint density at radius 3 is 1.02 bits per heavy atom. The highest BCUT2D eigenvalue weighted by Gasteiger charge is 2.29. The van der Waals surface area contributed by atoms with Crippen molar-refractivity contribution in [1.29, 1.82) is 0 Å². The van der Waals surface area contributed by atoms with E-state index >= 15 is 0 Å². The summed E-state index contributed by atoms with van der Waals surface area (Å²) in [5.41, 5.74) is 7.92. The third-order valence-electron chi connectivity index (χ3n) is 7.72. The molecule has 2 N–H and O–H groups in total. The molecule has 0 saturated heterocycles. The van der Waals surface area contributed by atoms with E-state index in [4.69, 9.17) is 0 Å². The molecule has 0 aliphatic rings. The van der Waals surface area contributed by atoms with E-state index in [1.165, 1.54) is 16.7 Å². The molecule has 0 aliphatic heterocycles. The monoisotopic (exact) mass is 543 g/mol. The molecule has 0 aromatic heterocycles.